The minimum atomic E-state index is -0.742. The van der Waals surface area contributed by atoms with Crippen LogP contribution in [0.1, 0.15) is 19.5 Å². The van der Waals surface area contributed by atoms with Crippen LogP contribution in [0.15, 0.2) is 23.2 Å². The number of nitrogens with zero attached hydrogens (tertiary/aromatic N) is 5. The molecule has 0 radical (unpaired) electrons. The first-order valence-corrected chi connectivity index (χ1v) is 7.54. The molecule has 0 bridgehead atoms. The lowest BCUT2D eigenvalue weighted by molar-refractivity contribution is 0.346. The average molecular weight is 379 g/mol. The third kappa shape index (κ3) is 2.37. The van der Waals surface area contributed by atoms with E-state index in [1.165, 1.54) is 7.11 Å². The number of aromatic nitrogens is 5. The summed E-state index contributed by atoms with van der Waals surface area (Å²) < 4.78 is 7.45. The number of hydrogen-bond donors (Lipinski definition) is 2. The van der Waals surface area contributed by atoms with E-state index in [1.807, 2.05) is 13.8 Å². The molecule has 0 atom stereocenters. The highest BCUT2D eigenvalue weighted by atomic mass is 79.9. The van der Waals surface area contributed by atoms with Gasteiger partial charge >= 0.3 is 0 Å². The number of ether oxygens (including phenoxy) is 1. The lowest BCUT2D eigenvalue weighted by Crippen LogP contribution is -2.28. The van der Waals surface area contributed by atoms with Gasteiger partial charge in [-0.3, -0.25) is 4.98 Å². The van der Waals surface area contributed by atoms with E-state index in [1.54, 1.807) is 23.2 Å². The standard InChI is InChI=1S/C14H15BrN6O2/c1-14(2,10-9(22)7(23-3)4-5-17-10)21-6-18-8-11(15)19-13(16)20-12(8)21/h4-6,22H,1-3H3,(H2,16,19,20). The zero-order valence-corrected chi connectivity index (χ0v) is 14.4. The number of pyridine rings is 1. The number of methoxy groups -OCH3 is 1. The highest BCUT2D eigenvalue weighted by Crippen LogP contribution is 2.38. The van der Waals surface area contributed by atoms with Gasteiger partial charge in [-0.25, -0.2) is 9.97 Å². The van der Waals surface area contributed by atoms with Crippen LogP contribution >= 0.6 is 15.9 Å². The Bertz CT molecular complexity index is 892. The Balaban J connectivity index is 2.25. The van der Waals surface area contributed by atoms with Crippen molar-refractivity contribution in [3.05, 3.63) is 28.9 Å². The van der Waals surface area contributed by atoms with Crippen LogP contribution < -0.4 is 10.5 Å². The lowest BCUT2D eigenvalue weighted by Gasteiger charge is -2.27. The molecule has 0 fully saturated rings. The van der Waals surface area contributed by atoms with Crippen molar-refractivity contribution in [2.24, 2.45) is 0 Å². The van der Waals surface area contributed by atoms with Crippen molar-refractivity contribution >= 4 is 33.0 Å². The Morgan fingerprint density at radius 1 is 1.30 bits per heavy atom. The van der Waals surface area contributed by atoms with Gasteiger partial charge in [0.15, 0.2) is 17.1 Å². The molecule has 3 heterocycles. The minimum Gasteiger partial charge on any atom is -0.503 e. The van der Waals surface area contributed by atoms with Gasteiger partial charge in [0.25, 0.3) is 0 Å². The van der Waals surface area contributed by atoms with Crippen LogP contribution in [0, 0.1) is 0 Å². The molecule has 0 aliphatic rings. The van der Waals surface area contributed by atoms with E-state index in [4.69, 9.17) is 10.5 Å². The maximum Gasteiger partial charge on any atom is 0.223 e. The second kappa shape index (κ2) is 5.34. The summed E-state index contributed by atoms with van der Waals surface area (Å²) in [5, 5.41) is 10.4. The highest BCUT2D eigenvalue weighted by molar-refractivity contribution is 9.10. The van der Waals surface area contributed by atoms with Crippen molar-refractivity contribution in [1.29, 1.82) is 0 Å². The van der Waals surface area contributed by atoms with Gasteiger partial charge in [0.05, 0.1) is 19.0 Å². The fourth-order valence-corrected chi connectivity index (χ4v) is 2.91. The number of rotatable bonds is 3. The minimum absolute atomic E-state index is 0.0251. The maximum absolute atomic E-state index is 10.4. The zero-order valence-electron chi connectivity index (χ0n) is 12.8. The predicted octanol–water partition coefficient (Wildman–Crippen LogP) is 2.06. The maximum atomic E-state index is 10.4. The summed E-state index contributed by atoms with van der Waals surface area (Å²) in [6.07, 6.45) is 3.19. The highest BCUT2D eigenvalue weighted by Gasteiger charge is 2.31. The molecular formula is C14H15BrN6O2. The third-order valence-electron chi connectivity index (χ3n) is 3.66. The smallest absolute Gasteiger partial charge is 0.223 e. The van der Waals surface area contributed by atoms with E-state index in [0.717, 1.165) is 0 Å². The molecule has 23 heavy (non-hydrogen) atoms. The largest absolute Gasteiger partial charge is 0.503 e. The number of hydrogen-bond acceptors (Lipinski definition) is 7. The van der Waals surface area contributed by atoms with E-state index in [2.05, 4.69) is 35.9 Å². The lowest BCUT2D eigenvalue weighted by atomic mass is 9.98. The number of anilines is 1. The van der Waals surface area contributed by atoms with Gasteiger partial charge in [-0.05, 0) is 29.8 Å². The third-order valence-corrected chi connectivity index (χ3v) is 4.21. The quantitative estimate of drug-likeness (QED) is 0.670. The molecule has 8 nitrogen and oxygen atoms in total. The van der Waals surface area contributed by atoms with Crippen molar-refractivity contribution in [3.63, 3.8) is 0 Å². The van der Waals surface area contributed by atoms with Crippen molar-refractivity contribution in [2.45, 2.75) is 19.4 Å². The molecule has 120 valence electrons. The molecule has 3 aromatic rings. The summed E-state index contributed by atoms with van der Waals surface area (Å²) >= 11 is 3.33. The van der Waals surface area contributed by atoms with Gasteiger partial charge < -0.3 is 20.1 Å². The number of fused-ring (bicyclic) bond motifs is 1. The summed E-state index contributed by atoms with van der Waals surface area (Å²) in [5.41, 5.74) is 6.54. The Labute approximate surface area is 140 Å². The molecule has 0 unspecified atom stereocenters. The second-order valence-electron chi connectivity index (χ2n) is 5.43. The van der Waals surface area contributed by atoms with Crippen LogP contribution in [0.4, 0.5) is 5.95 Å². The molecule has 3 N–H and O–H groups in total. The van der Waals surface area contributed by atoms with Crippen LogP contribution in [0.2, 0.25) is 0 Å². The van der Waals surface area contributed by atoms with Gasteiger partial charge in [-0.1, -0.05) is 0 Å². The normalized spacial score (nSPS) is 11.8. The molecule has 0 saturated heterocycles. The zero-order chi connectivity index (χ0) is 16.8. The summed E-state index contributed by atoms with van der Waals surface area (Å²) in [7, 11) is 1.49. The molecular weight excluding hydrogens is 364 g/mol. The number of imidazole rings is 1. The fraction of sp³-hybridized carbons (Fsp3) is 0.286. The van der Waals surface area contributed by atoms with Crippen LogP contribution in [0.5, 0.6) is 11.5 Å². The van der Waals surface area contributed by atoms with Crippen LogP contribution in [-0.4, -0.2) is 36.7 Å². The number of halogens is 1. The molecule has 3 rings (SSSR count). The van der Waals surface area contributed by atoms with Gasteiger partial charge in [-0.15, -0.1) is 0 Å². The first kappa shape index (κ1) is 15.5. The van der Waals surface area contributed by atoms with E-state index in [9.17, 15) is 5.11 Å². The SMILES string of the molecule is COc1ccnc(C(C)(C)n2cnc3c(Br)nc(N)nc32)c1O. The number of nitrogen functional groups attached to an aromatic ring is 1. The molecule has 3 aromatic heterocycles. The van der Waals surface area contributed by atoms with E-state index >= 15 is 0 Å². The van der Waals surface area contributed by atoms with Crippen molar-refractivity contribution in [1.82, 2.24) is 24.5 Å². The second-order valence-corrected chi connectivity index (χ2v) is 6.18. The van der Waals surface area contributed by atoms with Gasteiger partial charge in [-0.2, -0.15) is 4.98 Å². The van der Waals surface area contributed by atoms with Crippen molar-refractivity contribution < 1.29 is 9.84 Å². The Morgan fingerprint density at radius 2 is 2.04 bits per heavy atom. The molecule has 9 heteroatoms. The number of nitrogens with two attached hydrogens (primary N) is 1. The summed E-state index contributed by atoms with van der Waals surface area (Å²) in [6.45, 7) is 3.78. The Kier molecular flexibility index (Phi) is 3.59. The first-order chi connectivity index (χ1) is 10.9. The van der Waals surface area contributed by atoms with Gasteiger partial charge in [0.2, 0.25) is 5.95 Å². The first-order valence-electron chi connectivity index (χ1n) is 6.75. The van der Waals surface area contributed by atoms with E-state index in [-0.39, 0.29) is 11.7 Å². The Morgan fingerprint density at radius 3 is 2.74 bits per heavy atom. The molecule has 0 aliphatic heterocycles. The van der Waals surface area contributed by atoms with Gasteiger partial charge in [0, 0.05) is 12.3 Å². The predicted molar refractivity (Wildman–Crippen MR) is 88.3 cm³/mol. The Hall–Kier alpha value is -2.42. The van der Waals surface area contributed by atoms with Crippen LogP contribution in [0.25, 0.3) is 11.2 Å². The molecule has 0 amide bonds. The van der Waals surface area contributed by atoms with Crippen LogP contribution in [0.3, 0.4) is 0 Å². The van der Waals surface area contributed by atoms with Crippen molar-refractivity contribution in [2.75, 3.05) is 12.8 Å². The summed E-state index contributed by atoms with van der Waals surface area (Å²) in [5.74, 6) is 0.454. The molecule has 0 spiro atoms. The van der Waals surface area contributed by atoms with Crippen LogP contribution in [-0.2, 0) is 5.54 Å². The van der Waals surface area contributed by atoms with E-state index < -0.39 is 5.54 Å². The average Bonchev–Trinajstić information content (AvgIpc) is 2.92. The monoisotopic (exact) mass is 378 g/mol. The molecule has 0 aliphatic carbocycles. The van der Waals surface area contributed by atoms with Crippen molar-refractivity contribution in [3.8, 4) is 11.5 Å². The molecule has 0 aromatic carbocycles. The fourth-order valence-electron chi connectivity index (χ4n) is 2.45. The van der Waals surface area contributed by atoms with Gasteiger partial charge in [0.1, 0.15) is 15.8 Å². The number of aromatic hydroxyl groups is 1. The van der Waals surface area contributed by atoms with E-state index in [0.29, 0.717) is 27.2 Å². The molecule has 0 saturated carbocycles. The summed E-state index contributed by atoms with van der Waals surface area (Å²) in [4.78, 5) is 16.9. The topological polar surface area (TPSA) is 112 Å². The summed E-state index contributed by atoms with van der Waals surface area (Å²) in [6, 6.07) is 1.59.